The first kappa shape index (κ1) is 13.0. The molecule has 1 aromatic rings. The Bertz CT molecular complexity index is 516. The van der Waals surface area contributed by atoms with E-state index in [1.54, 1.807) is 0 Å². The first-order chi connectivity index (χ1) is 7.92. The molecule has 1 aromatic carbocycles. The lowest BCUT2D eigenvalue weighted by atomic mass is 10.1. The molecule has 0 radical (unpaired) electrons. The lowest BCUT2D eigenvalue weighted by molar-refractivity contribution is 0.490. The van der Waals surface area contributed by atoms with E-state index in [0.717, 1.165) is 12.0 Å². The van der Waals surface area contributed by atoms with Gasteiger partial charge in [-0.25, -0.2) is 0 Å². The number of hydrogen-bond donors (Lipinski definition) is 1. The average Bonchev–Trinajstić information content (AvgIpc) is 2.55. The van der Waals surface area contributed by atoms with Crippen LogP contribution in [0.1, 0.15) is 17.2 Å². The molecule has 0 amide bonds. The average molecular weight is 319 g/mol. The van der Waals surface area contributed by atoms with Crippen molar-refractivity contribution in [2.45, 2.75) is 17.3 Å². The summed E-state index contributed by atoms with van der Waals surface area (Å²) in [4.78, 5) is 0.106. The Balaban J connectivity index is 2.29. The number of benzene rings is 1. The van der Waals surface area contributed by atoms with E-state index < -0.39 is 10.2 Å². The number of nitrogens with zero attached hydrogens (tertiary/aromatic N) is 1. The molecule has 17 heavy (non-hydrogen) atoms. The van der Waals surface area contributed by atoms with Gasteiger partial charge in [-0.2, -0.15) is 17.4 Å². The summed E-state index contributed by atoms with van der Waals surface area (Å²) in [5.74, 6) is 0. The summed E-state index contributed by atoms with van der Waals surface area (Å²) in [6, 6.07) is 7.72. The van der Waals surface area contributed by atoms with Gasteiger partial charge in [0.15, 0.2) is 0 Å². The van der Waals surface area contributed by atoms with Crippen LogP contribution in [0.2, 0.25) is 0 Å². The topological polar surface area (TPSA) is 49.4 Å². The van der Waals surface area contributed by atoms with Gasteiger partial charge < -0.3 is 0 Å². The van der Waals surface area contributed by atoms with Gasteiger partial charge in [-0.1, -0.05) is 40.2 Å². The Morgan fingerprint density at radius 2 is 2.00 bits per heavy atom. The summed E-state index contributed by atoms with van der Waals surface area (Å²) in [6.07, 6.45) is 0.844. The molecule has 94 valence electrons. The lowest BCUT2D eigenvalue weighted by Crippen LogP contribution is -2.39. The maximum atomic E-state index is 11.8. The van der Waals surface area contributed by atoms with E-state index >= 15 is 0 Å². The smallest absolute Gasteiger partial charge is 0.195 e. The maximum absolute atomic E-state index is 11.8. The van der Waals surface area contributed by atoms with Gasteiger partial charge in [0, 0.05) is 18.9 Å². The molecule has 0 saturated carbocycles. The predicted octanol–water partition coefficient (Wildman–Crippen LogP) is 1.44. The molecule has 2 unspecified atom stereocenters. The summed E-state index contributed by atoms with van der Waals surface area (Å²) in [7, 11) is -0.363. The number of fused-ring (bicyclic) bond motifs is 1. The fraction of sp³-hybridized carbons (Fsp3) is 0.455. The monoisotopic (exact) mass is 318 g/mol. The van der Waals surface area contributed by atoms with Crippen LogP contribution in [0.25, 0.3) is 0 Å². The Kier molecular flexibility index (Phi) is 3.58. The zero-order valence-electron chi connectivity index (χ0n) is 9.72. The van der Waals surface area contributed by atoms with Gasteiger partial charge in [0.05, 0.1) is 6.04 Å². The van der Waals surface area contributed by atoms with Crippen molar-refractivity contribution in [2.75, 3.05) is 14.1 Å². The highest BCUT2D eigenvalue weighted by Gasteiger charge is 2.33. The van der Waals surface area contributed by atoms with Gasteiger partial charge in [0.25, 0.3) is 10.2 Å². The SMILES string of the molecule is CN(C)S(=O)(=O)NC1c2ccccc2CC1Br. The lowest BCUT2D eigenvalue weighted by Gasteiger charge is -2.20. The highest BCUT2D eigenvalue weighted by molar-refractivity contribution is 9.09. The summed E-state index contributed by atoms with van der Waals surface area (Å²) in [5.41, 5.74) is 2.25. The van der Waals surface area contributed by atoms with E-state index in [1.165, 1.54) is 24.0 Å². The minimum atomic E-state index is -3.40. The van der Waals surface area contributed by atoms with E-state index in [9.17, 15) is 8.42 Å². The predicted molar refractivity (Wildman–Crippen MR) is 71.3 cm³/mol. The molecule has 0 aromatic heterocycles. The minimum Gasteiger partial charge on any atom is -0.195 e. The molecule has 2 atom stereocenters. The van der Waals surface area contributed by atoms with Gasteiger partial charge >= 0.3 is 0 Å². The van der Waals surface area contributed by atoms with Gasteiger partial charge in [-0.15, -0.1) is 0 Å². The molecule has 6 heteroatoms. The highest BCUT2D eigenvalue weighted by atomic mass is 79.9. The van der Waals surface area contributed by atoms with Crippen LogP contribution in [0.5, 0.6) is 0 Å². The molecule has 4 nitrogen and oxygen atoms in total. The largest absolute Gasteiger partial charge is 0.279 e. The summed E-state index contributed by atoms with van der Waals surface area (Å²) in [5, 5.41) is 0. The van der Waals surface area contributed by atoms with Gasteiger partial charge in [-0.05, 0) is 17.5 Å². The first-order valence-corrected chi connectivity index (χ1v) is 7.69. The number of alkyl halides is 1. The Morgan fingerprint density at radius 1 is 1.35 bits per heavy atom. The van der Waals surface area contributed by atoms with Gasteiger partial charge in [0.1, 0.15) is 0 Å². The van der Waals surface area contributed by atoms with E-state index in [2.05, 4.69) is 20.7 Å². The van der Waals surface area contributed by atoms with Crippen molar-refractivity contribution in [1.29, 1.82) is 0 Å². The standard InChI is InChI=1S/C11H15BrN2O2S/c1-14(2)17(15,16)13-11-9-6-4-3-5-8(9)7-10(11)12/h3-6,10-11,13H,7H2,1-2H3. The summed E-state index contributed by atoms with van der Waals surface area (Å²) in [6.45, 7) is 0. The van der Waals surface area contributed by atoms with Crippen LogP contribution < -0.4 is 4.72 Å². The zero-order valence-corrected chi connectivity index (χ0v) is 12.1. The quantitative estimate of drug-likeness (QED) is 0.857. The number of halogens is 1. The van der Waals surface area contributed by atoms with Crippen molar-refractivity contribution in [3.63, 3.8) is 0 Å². The molecule has 1 aliphatic rings. The molecular weight excluding hydrogens is 304 g/mol. The Morgan fingerprint density at radius 3 is 2.65 bits per heavy atom. The summed E-state index contributed by atoms with van der Waals surface area (Å²) < 4.78 is 27.6. The third-order valence-electron chi connectivity index (χ3n) is 2.92. The van der Waals surface area contributed by atoms with E-state index in [0.29, 0.717) is 0 Å². The number of rotatable bonds is 3. The Hall–Kier alpha value is -0.430. The molecule has 0 aliphatic heterocycles. The number of hydrogen-bond acceptors (Lipinski definition) is 2. The minimum absolute atomic E-state index is 0.106. The second-order valence-electron chi connectivity index (χ2n) is 4.30. The van der Waals surface area contributed by atoms with Crippen LogP contribution in [-0.4, -0.2) is 31.6 Å². The molecule has 0 spiro atoms. The van der Waals surface area contributed by atoms with Crippen molar-refractivity contribution >= 4 is 26.1 Å². The highest BCUT2D eigenvalue weighted by Crippen LogP contribution is 2.36. The first-order valence-electron chi connectivity index (χ1n) is 5.33. The normalized spacial score (nSPS) is 24.0. The third kappa shape index (κ3) is 2.54. The van der Waals surface area contributed by atoms with Crippen molar-refractivity contribution in [3.8, 4) is 0 Å². The molecule has 2 rings (SSSR count). The molecule has 0 bridgehead atoms. The molecule has 0 saturated heterocycles. The van der Waals surface area contributed by atoms with Crippen LogP contribution in [0.15, 0.2) is 24.3 Å². The fourth-order valence-corrected chi connectivity index (χ4v) is 3.71. The molecule has 1 aliphatic carbocycles. The van der Waals surface area contributed by atoms with Crippen molar-refractivity contribution in [2.24, 2.45) is 0 Å². The van der Waals surface area contributed by atoms with Crippen LogP contribution in [0, 0.1) is 0 Å². The summed E-state index contributed by atoms with van der Waals surface area (Å²) >= 11 is 3.54. The fourth-order valence-electron chi connectivity index (χ4n) is 1.95. The Labute approximate surface area is 110 Å². The second-order valence-corrected chi connectivity index (χ2v) is 7.39. The van der Waals surface area contributed by atoms with Gasteiger partial charge in [0.2, 0.25) is 0 Å². The van der Waals surface area contributed by atoms with E-state index in [1.807, 2.05) is 24.3 Å². The van der Waals surface area contributed by atoms with E-state index in [4.69, 9.17) is 0 Å². The molecule has 0 fully saturated rings. The van der Waals surface area contributed by atoms with Crippen molar-refractivity contribution in [1.82, 2.24) is 9.03 Å². The zero-order chi connectivity index (χ0) is 12.6. The van der Waals surface area contributed by atoms with E-state index in [-0.39, 0.29) is 10.9 Å². The second kappa shape index (κ2) is 4.68. The number of nitrogens with one attached hydrogen (secondary N) is 1. The van der Waals surface area contributed by atoms with Crippen LogP contribution in [-0.2, 0) is 16.6 Å². The van der Waals surface area contributed by atoms with Crippen LogP contribution >= 0.6 is 15.9 Å². The third-order valence-corrected chi connectivity index (χ3v) is 5.29. The molecular formula is C11H15BrN2O2S. The van der Waals surface area contributed by atoms with Crippen LogP contribution in [0.3, 0.4) is 0 Å². The van der Waals surface area contributed by atoms with Gasteiger partial charge in [-0.3, -0.25) is 0 Å². The van der Waals surface area contributed by atoms with Crippen molar-refractivity contribution in [3.05, 3.63) is 35.4 Å². The molecule has 1 N–H and O–H groups in total. The maximum Gasteiger partial charge on any atom is 0.279 e. The van der Waals surface area contributed by atoms with Crippen LogP contribution in [0.4, 0.5) is 0 Å². The van der Waals surface area contributed by atoms with Crippen molar-refractivity contribution < 1.29 is 8.42 Å². The molecule has 0 heterocycles.